The molecule has 4 fully saturated rings. The van der Waals surface area contributed by atoms with E-state index in [0.29, 0.717) is 65.0 Å². The monoisotopic (exact) mass is 941 g/mol. The summed E-state index contributed by atoms with van der Waals surface area (Å²) in [7, 11) is 0. The van der Waals surface area contributed by atoms with Gasteiger partial charge in [0.1, 0.15) is 21.9 Å². The highest BCUT2D eigenvalue weighted by atomic mass is 19.4. The summed E-state index contributed by atoms with van der Waals surface area (Å²) in [5.74, 6) is -0.462. The Balaban J connectivity index is 0.921. The number of fused-ring (bicyclic) bond motifs is 2. The molecular formula is C49H53F6N11O2. The second kappa shape index (κ2) is 17.7. The number of nitriles is 1. The number of aromatic nitrogens is 6. The van der Waals surface area contributed by atoms with Crippen LogP contribution in [-0.4, -0.2) is 55.0 Å². The van der Waals surface area contributed by atoms with Crippen LogP contribution in [0, 0.1) is 17.2 Å². The molecule has 2 aliphatic heterocycles. The lowest BCUT2D eigenvalue weighted by Gasteiger charge is -2.43. The number of halogens is 6. The van der Waals surface area contributed by atoms with Gasteiger partial charge < -0.3 is 20.6 Å². The maximum absolute atomic E-state index is 15.3. The van der Waals surface area contributed by atoms with Crippen molar-refractivity contribution in [2.45, 2.75) is 131 Å². The number of alkyl halides is 6. The normalized spacial score (nSPS) is 25.3. The molecule has 5 atom stereocenters. The number of pyridine rings is 2. The molecule has 2 saturated carbocycles. The topological polar surface area (TPSA) is 173 Å². The molecule has 0 spiro atoms. The van der Waals surface area contributed by atoms with Gasteiger partial charge in [0.2, 0.25) is 0 Å². The molecule has 2 saturated heterocycles. The molecule has 0 bridgehead atoms. The van der Waals surface area contributed by atoms with Crippen LogP contribution in [0.5, 0.6) is 0 Å². The molecule has 4 aliphatic rings. The second-order valence-corrected chi connectivity index (χ2v) is 19.1. The molecular weight excluding hydrogens is 889 g/mol. The van der Waals surface area contributed by atoms with Crippen LogP contribution in [0.4, 0.5) is 49.4 Å². The van der Waals surface area contributed by atoms with E-state index in [1.54, 1.807) is 29.1 Å². The van der Waals surface area contributed by atoms with Gasteiger partial charge in [0.15, 0.2) is 11.6 Å². The molecule has 6 N–H and O–H groups in total. The van der Waals surface area contributed by atoms with Crippen LogP contribution in [0.15, 0.2) is 76.4 Å². The first kappa shape index (κ1) is 45.6. The minimum Gasteiger partial charge on any atom is -0.338 e. The number of H-pyrrole nitrogens is 2. The standard InChI is InChI=1S/C49H53F6N11O2/c50-48(51,52)46(22-6-7-24-58-46)31-12-16-34(17-13-31)61-43-41-39(66(64-43)37-11-5-4-8-29(37)27-56)26-36(62-45(41)68)30-20-23-47(59-28-30,49(53,54)55)32-14-18-33(19-15-32)60-42-40-38(21-25-57-44(40)67)65(63-42)35-9-2-1-3-10-35/h12-19,21,25-26,29-30,35,37,58-59H,1-11,20,22-24,28H2,(H,57,67)(H,60,63)(H,61,64)(H,62,68)/t29-,30?,37+,46?,47?/m1/s1. The summed E-state index contributed by atoms with van der Waals surface area (Å²) in [4.78, 5) is 32.9. The van der Waals surface area contributed by atoms with Crippen LogP contribution < -0.4 is 32.4 Å². The van der Waals surface area contributed by atoms with Crippen LogP contribution in [-0.2, 0) is 11.1 Å². The van der Waals surface area contributed by atoms with Crippen LogP contribution in [0.2, 0.25) is 0 Å². The number of rotatable bonds is 9. The lowest BCUT2D eigenvalue weighted by atomic mass is 9.77. The summed E-state index contributed by atoms with van der Waals surface area (Å²) in [6, 6.07) is 17.6. The van der Waals surface area contributed by atoms with E-state index in [9.17, 15) is 28.0 Å². The fourth-order valence-corrected chi connectivity index (χ4v) is 11.4. The Morgan fingerprint density at radius 2 is 1.26 bits per heavy atom. The van der Waals surface area contributed by atoms with Crippen molar-refractivity contribution in [1.82, 2.24) is 40.2 Å². The third-order valence-corrected chi connectivity index (χ3v) is 15.1. The molecule has 10 rings (SSSR count). The number of piperidine rings is 2. The second-order valence-electron chi connectivity index (χ2n) is 19.1. The summed E-state index contributed by atoms with van der Waals surface area (Å²) < 4.78 is 93.0. The zero-order valence-corrected chi connectivity index (χ0v) is 37.3. The summed E-state index contributed by atoms with van der Waals surface area (Å²) in [6.45, 7) is 0.112. The fraction of sp³-hybridized carbons (Fsp3) is 0.490. The van der Waals surface area contributed by atoms with Crippen LogP contribution in [0.25, 0.3) is 21.8 Å². The zero-order valence-electron chi connectivity index (χ0n) is 37.3. The Labute approximate surface area is 387 Å². The van der Waals surface area contributed by atoms with Gasteiger partial charge in [-0.2, -0.15) is 41.8 Å². The van der Waals surface area contributed by atoms with Crippen molar-refractivity contribution in [3.8, 4) is 6.07 Å². The summed E-state index contributed by atoms with van der Waals surface area (Å²) in [5, 5.41) is 32.2. The first-order chi connectivity index (χ1) is 32.7. The van der Waals surface area contributed by atoms with Crippen molar-refractivity contribution in [2.75, 3.05) is 23.7 Å². The molecule has 6 heterocycles. The van der Waals surface area contributed by atoms with Crippen LogP contribution >= 0.6 is 0 Å². The van der Waals surface area contributed by atoms with Gasteiger partial charge in [-0.25, -0.2) is 0 Å². The first-order valence-corrected chi connectivity index (χ1v) is 23.7. The Morgan fingerprint density at radius 3 is 1.85 bits per heavy atom. The Kier molecular flexibility index (Phi) is 11.9. The highest BCUT2D eigenvalue weighted by Crippen LogP contribution is 2.48. The lowest BCUT2D eigenvalue weighted by molar-refractivity contribution is -0.208. The largest absolute Gasteiger partial charge is 0.410 e. The third-order valence-electron chi connectivity index (χ3n) is 15.1. The third kappa shape index (κ3) is 8.02. The van der Waals surface area contributed by atoms with E-state index in [0.717, 1.165) is 44.9 Å². The smallest absolute Gasteiger partial charge is 0.338 e. The molecule has 2 aromatic carbocycles. The Hall–Kier alpha value is -6.13. The van der Waals surface area contributed by atoms with E-state index in [2.05, 4.69) is 37.3 Å². The maximum atomic E-state index is 15.3. The van der Waals surface area contributed by atoms with Gasteiger partial charge in [0.05, 0.1) is 35.1 Å². The minimum absolute atomic E-state index is 0.0126. The van der Waals surface area contributed by atoms with Crippen molar-refractivity contribution >= 4 is 44.8 Å². The molecule has 13 nitrogen and oxygen atoms in total. The highest BCUT2D eigenvalue weighted by Gasteiger charge is 2.58. The summed E-state index contributed by atoms with van der Waals surface area (Å²) >= 11 is 0. The number of anilines is 4. The maximum Gasteiger partial charge on any atom is 0.410 e. The van der Waals surface area contributed by atoms with Crippen molar-refractivity contribution in [2.24, 2.45) is 5.92 Å². The van der Waals surface area contributed by atoms with Crippen molar-refractivity contribution in [3.05, 3.63) is 104 Å². The van der Waals surface area contributed by atoms with Crippen LogP contribution in [0.3, 0.4) is 0 Å². The molecule has 0 amide bonds. The number of hydrogen-bond acceptors (Lipinski definition) is 9. The van der Waals surface area contributed by atoms with Crippen molar-refractivity contribution < 1.29 is 26.3 Å². The first-order valence-electron chi connectivity index (χ1n) is 23.7. The molecule has 358 valence electrons. The number of benzene rings is 2. The molecule has 3 unspecified atom stereocenters. The average molecular weight is 942 g/mol. The SMILES string of the molecule is N#C[C@H]1CCCC[C@@H]1n1nc(Nc2ccc(C3(C(F)(F)F)CCCCN3)cc2)c2c(=O)[nH]c(C3CCC(c4ccc(Nc5nn(C6CCCCC6)c6cc[nH]c(=O)c56)cc4)(C(F)(F)F)NC3)cc21. The van der Waals surface area contributed by atoms with E-state index in [1.807, 2.05) is 10.7 Å². The summed E-state index contributed by atoms with van der Waals surface area (Å²) in [6.07, 6.45) is 1.15. The fourth-order valence-electron chi connectivity index (χ4n) is 11.4. The predicted octanol–water partition coefficient (Wildman–Crippen LogP) is 10.5. The molecule has 68 heavy (non-hydrogen) atoms. The number of nitrogens with zero attached hydrogens (tertiary/aromatic N) is 5. The van der Waals surface area contributed by atoms with E-state index in [1.165, 1.54) is 36.4 Å². The molecule has 19 heteroatoms. The number of hydrogen-bond donors (Lipinski definition) is 6. The van der Waals surface area contributed by atoms with Crippen molar-refractivity contribution in [1.29, 1.82) is 5.26 Å². The van der Waals surface area contributed by atoms with E-state index >= 15 is 13.2 Å². The van der Waals surface area contributed by atoms with E-state index in [4.69, 9.17) is 10.2 Å². The van der Waals surface area contributed by atoms with Gasteiger partial charge in [-0.1, -0.05) is 56.4 Å². The van der Waals surface area contributed by atoms with Gasteiger partial charge in [0, 0.05) is 35.7 Å². The van der Waals surface area contributed by atoms with Gasteiger partial charge >= 0.3 is 12.4 Å². The number of nitrogens with one attached hydrogen (secondary N) is 6. The molecule has 6 aromatic rings. The Morgan fingerprint density at radius 1 is 0.662 bits per heavy atom. The molecule has 4 aromatic heterocycles. The highest BCUT2D eigenvalue weighted by molar-refractivity contribution is 5.92. The van der Waals surface area contributed by atoms with E-state index in [-0.39, 0.29) is 72.3 Å². The number of aromatic amines is 2. The molecule has 2 aliphatic carbocycles. The zero-order chi connectivity index (χ0) is 47.4. The Bertz CT molecular complexity index is 2950. The van der Waals surface area contributed by atoms with Crippen LogP contribution in [0.1, 0.15) is 125 Å². The van der Waals surface area contributed by atoms with Crippen molar-refractivity contribution in [3.63, 3.8) is 0 Å². The van der Waals surface area contributed by atoms with E-state index < -0.39 is 40.8 Å². The quantitative estimate of drug-likeness (QED) is 0.0772. The minimum atomic E-state index is -4.70. The van der Waals surface area contributed by atoms with Gasteiger partial charge in [0.25, 0.3) is 11.1 Å². The average Bonchev–Trinajstić information content (AvgIpc) is 3.90. The van der Waals surface area contributed by atoms with Gasteiger partial charge in [-0.15, -0.1) is 0 Å². The lowest BCUT2D eigenvalue weighted by Crippen LogP contribution is -2.57. The van der Waals surface area contributed by atoms with Gasteiger partial charge in [-0.05, 0) is 112 Å². The summed E-state index contributed by atoms with van der Waals surface area (Å²) in [5.41, 5.74) is -2.95. The predicted molar refractivity (Wildman–Crippen MR) is 246 cm³/mol. The van der Waals surface area contributed by atoms with Gasteiger partial charge in [-0.3, -0.25) is 29.6 Å². The molecule has 0 radical (unpaired) electrons.